The van der Waals surface area contributed by atoms with Crippen LogP contribution in [-0.2, 0) is 27.2 Å². The Morgan fingerprint density at radius 2 is 1.55 bits per heavy atom. The molecule has 2 atom stereocenters. The molecule has 5 aromatic rings. The highest BCUT2D eigenvalue weighted by Gasteiger charge is 2.31. The number of aliphatic carboxylic acids is 1. The van der Waals surface area contributed by atoms with Gasteiger partial charge in [0.15, 0.2) is 0 Å². The number of benzene rings is 3. The van der Waals surface area contributed by atoms with Crippen LogP contribution in [0.2, 0.25) is 0 Å². The van der Waals surface area contributed by atoms with Crippen LogP contribution in [0.15, 0.2) is 91.5 Å². The molecule has 0 fully saturated rings. The summed E-state index contributed by atoms with van der Waals surface area (Å²) in [5, 5.41) is 15.9. The number of H-pyrrole nitrogens is 2. The maximum absolute atomic E-state index is 13.5. The van der Waals surface area contributed by atoms with Crippen molar-refractivity contribution in [1.29, 1.82) is 0 Å². The van der Waals surface area contributed by atoms with Crippen LogP contribution in [0.25, 0.3) is 22.0 Å². The normalized spacial score (nSPS) is 13.6. The quantitative estimate of drug-likeness (QED) is 0.172. The summed E-state index contributed by atoms with van der Waals surface area (Å²) in [6, 6.07) is 21.3. The first-order valence-corrected chi connectivity index (χ1v) is 13.6. The molecule has 2 amide bonds. The Labute approximate surface area is 241 Å². The Balaban J connectivity index is 1.19. The first kappa shape index (κ1) is 26.8. The van der Waals surface area contributed by atoms with E-state index in [1.807, 2.05) is 60.7 Å². The fourth-order valence-corrected chi connectivity index (χ4v) is 5.60. The molecule has 0 radical (unpaired) electrons. The van der Waals surface area contributed by atoms with Crippen LogP contribution in [-0.4, -0.2) is 56.7 Å². The van der Waals surface area contributed by atoms with E-state index in [1.54, 1.807) is 12.4 Å². The van der Waals surface area contributed by atoms with Crippen LogP contribution in [0.5, 0.6) is 0 Å². The summed E-state index contributed by atoms with van der Waals surface area (Å²) in [5.74, 6) is -2.00. The second-order valence-electron chi connectivity index (χ2n) is 10.3. The number of rotatable bonds is 10. The van der Waals surface area contributed by atoms with Gasteiger partial charge in [0, 0.05) is 42.1 Å². The van der Waals surface area contributed by atoms with E-state index in [2.05, 4.69) is 37.7 Å². The molecule has 10 nitrogen and oxygen atoms in total. The zero-order valence-corrected chi connectivity index (χ0v) is 22.5. The summed E-state index contributed by atoms with van der Waals surface area (Å²) < 4.78 is 5.70. The van der Waals surface area contributed by atoms with Crippen LogP contribution in [0.3, 0.4) is 0 Å². The summed E-state index contributed by atoms with van der Waals surface area (Å²) in [6.07, 6.45) is 4.12. The summed E-state index contributed by atoms with van der Waals surface area (Å²) in [6.45, 7) is 0.0815. The largest absolute Gasteiger partial charge is 0.480 e. The standard InChI is InChI=1S/C32H29N5O5/c38-30(36-29(31(39)40)14-20-16-33-18-35-20)28(13-19-15-34-27-12-6-5-7-21(19)27)37-32(41)42-17-26-24-10-3-1-8-22(24)23-9-2-4-11-25(23)26/h1-12,15-16,18,26,28-29,34H,13-14,17H2,(H,33,35)(H,36,38)(H,37,41)(H,39,40)/t28-,29+/m1/s1. The van der Waals surface area contributed by atoms with E-state index in [0.717, 1.165) is 38.7 Å². The third kappa shape index (κ3) is 5.46. The molecule has 212 valence electrons. The van der Waals surface area contributed by atoms with Crippen molar-refractivity contribution in [2.45, 2.75) is 30.8 Å². The molecule has 2 aromatic heterocycles. The van der Waals surface area contributed by atoms with Crippen molar-refractivity contribution in [1.82, 2.24) is 25.6 Å². The highest BCUT2D eigenvalue weighted by atomic mass is 16.5. The van der Waals surface area contributed by atoms with Gasteiger partial charge in [0.25, 0.3) is 0 Å². The van der Waals surface area contributed by atoms with Gasteiger partial charge in [-0.15, -0.1) is 0 Å². The van der Waals surface area contributed by atoms with Gasteiger partial charge in [0.2, 0.25) is 5.91 Å². The lowest BCUT2D eigenvalue weighted by atomic mass is 9.98. The fraction of sp³-hybridized carbons (Fsp3) is 0.188. The number of aromatic amines is 2. The van der Waals surface area contributed by atoms with Crippen LogP contribution in [0.1, 0.15) is 28.3 Å². The molecule has 42 heavy (non-hydrogen) atoms. The molecule has 0 unspecified atom stereocenters. The van der Waals surface area contributed by atoms with Crippen molar-refractivity contribution in [2.24, 2.45) is 0 Å². The lowest BCUT2D eigenvalue weighted by Crippen LogP contribution is -2.53. The predicted octanol–water partition coefficient (Wildman–Crippen LogP) is 4.15. The topological polar surface area (TPSA) is 149 Å². The van der Waals surface area contributed by atoms with E-state index in [4.69, 9.17) is 4.74 Å². The van der Waals surface area contributed by atoms with E-state index in [-0.39, 0.29) is 25.4 Å². The first-order chi connectivity index (χ1) is 20.5. The minimum atomic E-state index is -1.24. The third-order valence-electron chi connectivity index (χ3n) is 7.63. The van der Waals surface area contributed by atoms with Crippen LogP contribution >= 0.6 is 0 Å². The second-order valence-corrected chi connectivity index (χ2v) is 10.3. The zero-order chi connectivity index (χ0) is 29.1. The van der Waals surface area contributed by atoms with Gasteiger partial charge in [0.05, 0.1) is 12.0 Å². The molecule has 1 aliphatic carbocycles. The van der Waals surface area contributed by atoms with Crippen LogP contribution < -0.4 is 10.6 Å². The molecule has 6 rings (SSSR count). The van der Waals surface area contributed by atoms with Crippen LogP contribution in [0, 0.1) is 0 Å². The highest BCUT2D eigenvalue weighted by Crippen LogP contribution is 2.44. The number of carbonyl (C=O) groups excluding carboxylic acids is 2. The van der Waals surface area contributed by atoms with E-state index < -0.39 is 30.1 Å². The van der Waals surface area contributed by atoms with Crippen molar-refractivity contribution >= 4 is 28.9 Å². The molecule has 2 heterocycles. The van der Waals surface area contributed by atoms with Gasteiger partial charge in [0.1, 0.15) is 18.7 Å². The number of nitrogens with zero attached hydrogens (tertiary/aromatic N) is 1. The number of fused-ring (bicyclic) bond motifs is 4. The summed E-state index contributed by atoms with van der Waals surface area (Å²) in [5.41, 5.74) is 6.52. The number of carboxylic acids is 1. The lowest BCUT2D eigenvalue weighted by molar-refractivity contribution is -0.142. The minimum absolute atomic E-state index is 0.0185. The van der Waals surface area contributed by atoms with Gasteiger partial charge in [-0.1, -0.05) is 66.7 Å². The summed E-state index contributed by atoms with van der Waals surface area (Å²) in [7, 11) is 0. The van der Waals surface area contributed by atoms with Crippen molar-refractivity contribution in [3.8, 4) is 11.1 Å². The van der Waals surface area contributed by atoms with E-state index in [0.29, 0.717) is 5.69 Å². The average molecular weight is 564 g/mol. The lowest BCUT2D eigenvalue weighted by Gasteiger charge is -2.22. The van der Waals surface area contributed by atoms with E-state index in [9.17, 15) is 19.5 Å². The molecule has 0 bridgehead atoms. The van der Waals surface area contributed by atoms with Crippen molar-refractivity contribution in [2.75, 3.05) is 6.61 Å². The molecule has 0 aliphatic heterocycles. The highest BCUT2D eigenvalue weighted by molar-refractivity contribution is 5.91. The number of ether oxygens (including phenoxy) is 1. The Hall–Kier alpha value is -5.38. The molecular formula is C32H29N5O5. The first-order valence-electron chi connectivity index (χ1n) is 13.6. The summed E-state index contributed by atoms with van der Waals surface area (Å²) in [4.78, 5) is 48.6. The zero-order valence-electron chi connectivity index (χ0n) is 22.5. The van der Waals surface area contributed by atoms with Crippen LogP contribution in [0.4, 0.5) is 4.79 Å². The molecule has 0 spiro atoms. The van der Waals surface area contributed by atoms with Gasteiger partial charge in [-0.05, 0) is 33.9 Å². The maximum Gasteiger partial charge on any atom is 0.407 e. The van der Waals surface area contributed by atoms with Gasteiger partial charge in [-0.2, -0.15) is 0 Å². The second kappa shape index (κ2) is 11.6. The van der Waals surface area contributed by atoms with Gasteiger partial charge in [-0.3, -0.25) is 4.79 Å². The van der Waals surface area contributed by atoms with Gasteiger partial charge >= 0.3 is 12.1 Å². The van der Waals surface area contributed by atoms with Gasteiger partial charge in [-0.25, -0.2) is 14.6 Å². The number of aromatic nitrogens is 3. The number of imidazole rings is 1. The van der Waals surface area contributed by atoms with Crippen molar-refractivity contribution < 1.29 is 24.2 Å². The molecule has 0 saturated carbocycles. The Bertz CT molecular complexity index is 1700. The molecule has 5 N–H and O–H groups in total. The number of nitrogens with one attached hydrogen (secondary N) is 4. The SMILES string of the molecule is O=C(N[C@H](Cc1c[nH]c2ccccc12)C(=O)N[C@@H](Cc1c[nH]cn1)C(=O)O)OCC1c2ccccc2-c2ccccc21. The van der Waals surface area contributed by atoms with Crippen molar-refractivity contribution in [3.05, 3.63) is 114 Å². The number of hydrogen-bond donors (Lipinski definition) is 5. The third-order valence-corrected chi connectivity index (χ3v) is 7.63. The Morgan fingerprint density at radius 3 is 2.24 bits per heavy atom. The Morgan fingerprint density at radius 1 is 0.857 bits per heavy atom. The molecule has 10 heteroatoms. The Kier molecular flexibility index (Phi) is 7.42. The maximum atomic E-state index is 13.5. The van der Waals surface area contributed by atoms with E-state index in [1.165, 1.54) is 6.33 Å². The number of alkyl carbamates (subject to hydrolysis) is 1. The number of carboxylic acid groups (broad SMARTS) is 1. The monoisotopic (exact) mass is 563 g/mol. The fourth-order valence-electron chi connectivity index (χ4n) is 5.60. The number of carbonyl (C=O) groups is 3. The number of hydrogen-bond acceptors (Lipinski definition) is 5. The molecular weight excluding hydrogens is 534 g/mol. The smallest absolute Gasteiger partial charge is 0.407 e. The average Bonchev–Trinajstić information content (AvgIpc) is 3.74. The molecule has 1 aliphatic rings. The minimum Gasteiger partial charge on any atom is -0.480 e. The van der Waals surface area contributed by atoms with E-state index >= 15 is 0 Å². The summed E-state index contributed by atoms with van der Waals surface area (Å²) >= 11 is 0. The number of amides is 2. The predicted molar refractivity (Wildman–Crippen MR) is 156 cm³/mol. The van der Waals surface area contributed by atoms with Gasteiger partial charge < -0.3 is 30.4 Å². The molecule has 3 aromatic carbocycles. The number of para-hydroxylation sites is 1. The van der Waals surface area contributed by atoms with Crippen molar-refractivity contribution in [3.63, 3.8) is 0 Å². The molecule has 0 saturated heterocycles.